The first kappa shape index (κ1) is 18.6. The molecule has 0 radical (unpaired) electrons. The molecule has 0 unspecified atom stereocenters. The van der Waals surface area contributed by atoms with Crippen molar-refractivity contribution in [2.45, 2.75) is 52.2 Å². The molecule has 0 aliphatic carbocycles. The highest BCUT2D eigenvalue weighted by atomic mass is 16.3. The predicted molar refractivity (Wildman–Crippen MR) is 114 cm³/mol. The van der Waals surface area contributed by atoms with Crippen molar-refractivity contribution >= 4 is 21.5 Å². The van der Waals surface area contributed by atoms with E-state index in [0.29, 0.717) is 6.54 Å². The van der Waals surface area contributed by atoms with E-state index in [1.165, 1.54) is 42.0 Å². The maximum atomic E-state index is 10.0. The number of rotatable bonds is 8. The summed E-state index contributed by atoms with van der Waals surface area (Å²) in [5.74, 6) is 0. The third-order valence-corrected chi connectivity index (χ3v) is 5.51. The Labute approximate surface area is 165 Å². The Kier molecular flexibility index (Phi) is 5.68. The van der Waals surface area contributed by atoms with E-state index < -0.39 is 0 Å². The molecule has 3 aromatic carbocycles. The van der Waals surface area contributed by atoms with Gasteiger partial charge >= 0.3 is 0 Å². The van der Waals surface area contributed by atoms with Gasteiger partial charge < -0.3 is 5.11 Å². The standard InChI is InChI=1S/C24H27N3O/c1-2-3-4-5-10-18-15-27(26-25-18)16-23-19-11-6-8-13-21(19)24(17-28)22-14-9-7-12-20(22)23/h6-9,11-15,28H,2-5,10,16-17H2,1H3. The summed E-state index contributed by atoms with van der Waals surface area (Å²) < 4.78 is 1.95. The molecule has 0 bridgehead atoms. The normalized spacial score (nSPS) is 11.5. The van der Waals surface area contributed by atoms with Crippen molar-refractivity contribution < 1.29 is 5.11 Å². The van der Waals surface area contributed by atoms with Crippen molar-refractivity contribution in [3.8, 4) is 0 Å². The first-order chi connectivity index (χ1) is 13.8. The van der Waals surface area contributed by atoms with E-state index in [1.807, 2.05) is 16.8 Å². The second-order valence-electron chi connectivity index (χ2n) is 7.42. The number of fused-ring (bicyclic) bond motifs is 2. The summed E-state index contributed by atoms with van der Waals surface area (Å²) in [6, 6.07) is 16.6. The van der Waals surface area contributed by atoms with Crippen LogP contribution in [0.25, 0.3) is 21.5 Å². The first-order valence-corrected chi connectivity index (χ1v) is 10.2. The van der Waals surface area contributed by atoms with Gasteiger partial charge in [0, 0.05) is 6.20 Å². The summed E-state index contributed by atoms with van der Waals surface area (Å²) in [7, 11) is 0. The molecule has 0 fully saturated rings. The summed E-state index contributed by atoms with van der Waals surface area (Å²) in [4.78, 5) is 0. The van der Waals surface area contributed by atoms with Crippen molar-refractivity contribution in [2.24, 2.45) is 0 Å². The van der Waals surface area contributed by atoms with Gasteiger partial charge in [0.15, 0.2) is 0 Å². The summed E-state index contributed by atoms with van der Waals surface area (Å²) in [6.07, 6.45) is 8.02. The molecule has 4 nitrogen and oxygen atoms in total. The molecule has 0 atom stereocenters. The maximum absolute atomic E-state index is 10.0. The van der Waals surface area contributed by atoms with Gasteiger partial charge in [0.1, 0.15) is 0 Å². The Morgan fingerprint density at radius 3 is 2.00 bits per heavy atom. The van der Waals surface area contributed by atoms with Crippen LogP contribution in [-0.2, 0) is 19.6 Å². The van der Waals surface area contributed by atoms with E-state index in [-0.39, 0.29) is 6.61 Å². The van der Waals surface area contributed by atoms with Gasteiger partial charge in [-0.3, -0.25) is 0 Å². The molecule has 0 saturated heterocycles. The highest BCUT2D eigenvalue weighted by Gasteiger charge is 2.14. The van der Waals surface area contributed by atoms with Crippen LogP contribution in [0.2, 0.25) is 0 Å². The molecule has 0 spiro atoms. The lowest BCUT2D eigenvalue weighted by atomic mass is 9.92. The third kappa shape index (κ3) is 3.65. The highest BCUT2D eigenvalue weighted by molar-refractivity contribution is 6.05. The number of hydrogen-bond acceptors (Lipinski definition) is 3. The number of aryl methyl sites for hydroxylation is 1. The van der Waals surface area contributed by atoms with E-state index in [9.17, 15) is 5.11 Å². The molecule has 4 aromatic rings. The van der Waals surface area contributed by atoms with Gasteiger partial charge in [-0.1, -0.05) is 79.9 Å². The number of aliphatic hydroxyl groups excluding tert-OH is 1. The zero-order valence-corrected chi connectivity index (χ0v) is 16.4. The lowest BCUT2D eigenvalue weighted by molar-refractivity contribution is 0.285. The molecule has 4 heteroatoms. The van der Waals surface area contributed by atoms with E-state index in [2.05, 4.69) is 59.8 Å². The van der Waals surface area contributed by atoms with E-state index in [4.69, 9.17) is 0 Å². The fourth-order valence-corrected chi connectivity index (χ4v) is 4.07. The summed E-state index contributed by atoms with van der Waals surface area (Å²) in [6.45, 7) is 2.94. The lowest BCUT2D eigenvalue weighted by Crippen LogP contribution is -2.04. The van der Waals surface area contributed by atoms with Crippen molar-refractivity contribution in [1.29, 1.82) is 0 Å². The van der Waals surface area contributed by atoms with Crippen molar-refractivity contribution in [3.63, 3.8) is 0 Å². The number of benzene rings is 3. The molecular weight excluding hydrogens is 346 g/mol. The fourth-order valence-electron chi connectivity index (χ4n) is 4.07. The Morgan fingerprint density at radius 2 is 1.43 bits per heavy atom. The number of aromatic nitrogens is 3. The molecule has 1 N–H and O–H groups in total. The Morgan fingerprint density at radius 1 is 0.821 bits per heavy atom. The number of nitrogens with zero attached hydrogens (tertiary/aromatic N) is 3. The van der Waals surface area contributed by atoms with Crippen LogP contribution in [0.5, 0.6) is 0 Å². The van der Waals surface area contributed by atoms with Gasteiger partial charge in [-0.15, -0.1) is 5.10 Å². The minimum absolute atomic E-state index is 0.0343. The molecule has 0 aliphatic heterocycles. The monoisotopic (exact) mass is 373 g/mol. The largest absolute Gasteiger partial charge is 0.392 e. The predicted octanol–water partition coefficient (Wildman–Crippen LogP) is 5.25. The van der Waals surface area contributed by atoms with Crippen LogP contribution in [0, 0.1) is 0 Å². The Hall–Kier alpha value is -2.72. The fraction of sp³-hybridized carbons (Fsp3) is 0.333. The van der Waals surface area contributed by atoms with Gasteiger partial charge in [-0.05, 0) is 45.5 Å². The number of unbranched alkanes of at least 4 members (excludes halogenated alkanes) is 3. The highest BCUT2D eigenvalue weighted by Crippen LogP contribution is 2.33. The quantitative estimate of drug-likeness (QED) is 0.339. The van der Waals surface area contributed by atoms with Gasteiger partial charge in [0.25, 0.3) is 0 Å². The molecular formula is C24H27N3O. The average Bonchev–Trinajstić information content (AvgIpc) is 3.18. The van der Waals surface area contributed by atoms with Crippen LogP contribution in [0.15, 0.2) is 54.7 Å². The van der Waals surface area contributed by atoms with Crippen molar-refractivity contribution in [2.75, 3.05) is 0 Å². The average molecular weight is 374 g/mol. The van der Waals surface area contributed by atoms with Gasteiger partial charge in [0.2, 0.25) is 0 Å². The molecule has 4 rings (SSSR count). The van der Waals surface area contributed by atoms with E-state index >= 15 is 0 Å². The van der Waals surface area contributed by atoms with Gasteiger partial charge in [-0.2, -0.15) is 0 Å². The van der Waals surface area contributed by atoms with Gasteiger partial charge in [0.05, 0.1) is 18.8 Å². The van der Waals surface area contributed by atoms with E-state index in [0.717, 1.165) is 28.5 Å². The molecule has 0 saturated carbocycles. The molecule has 28 heavy (non-hydrogen) atoms. The molecule has 144 valence electrons. The SMILES string of the molecule is CCCCCCc1cn(Cc2c3ccccc3c(CO)c3ccccc23)nn1. The maximum Gasteiger partial charge on any atom is 0.0827 e. The minimum atomic E-state index is 0.0343. The lowest BCUT2D eigenvalue weighted by Gasteiger charge is -2.15. The Balaban J connectivity index is 1.71. The second kappa shape index (κ2) is 8.53. The van der Waals surface area contributed by atoms with Crippen molar-refractivity contribution in [1.82, 2.24) is 15.0 Å². The number of hydrogen-bond donors (Lipinski definition) is 1. The third-order valence-electron chi connectivity index (χ3n) is 5.51. The Bertz CT molecular complexity index is 1030. The summed E-state index contributed by atoms with van der Waals surface area (Å²) in [5.41, 5.74) is 3.28. The first-order valence-electron chi connectivity index (χ1n) is 10.2. The smallest absolute Gasteiger partial charge is 0.0827 e. The summed E-state index contributed by atoms with van der Waals surface area (Å²) >= 11 is 0. The van der Waals surface area contributed by atoms with Crippen LogP contribution in [-0.4, -0.2) is 20.1 Å². The molecule has 1 heterocycles. The van der Waals surface area contributed by atoms with Gasteiger partial charge in [-0.25, -0.2) is 4.68 Å². The van der Waals surface area contributed by atoms with Crippen LogP contribution < -0.4 is 0 Å². The van der Waals surface area contributed by atoms with E-state index in [1.54, 1.807) is 0 Å². The molecule has 0 amide bonds. The number of aliphatic hydroxyl groups is 1. The molecule has 1 aromatic heterocycles. The minimum Gasteiger partial charge on any atom is -0.392 e. The molecule has 0 aliphatic rings. The van der Waals surface area contributed by atoms with Crippen LogP contribution in [0.4, 0.5) is 0 Å². The van der Waals surface area contributed by atoms with Crippen molar-refractivity contribution in [3.05, 3.63) is 71.5 Å². The van der Waals surface area contributed by atoms with Crippen LogP contribution >= 0.6 is 0 Å². The second-order valence-corrected chi connectivity index (χ2v) is 7.42. The summed E-state index contributed by atoms with van der Waals surface area (Å²) in [5, 5.41) is 23.3. The zero-order valence-electron chi connectivity index (χ0n) is 16.4. The van der Waals surface area contributed by atoms with Crippen LogP contribution in [0.1, 0.15) is 49.4 Å². The zero-order chi connectivity index (χ0) is 19.3. The van der Waals surface area contributed by atoms with Crippen LogP contribution in [0.3, 0.4) is 0 Å². The topological polar surface area (TPSA) is 50.9 Å².